The van der Waals surface area contributed by atoms with Gasteiger partial charge in [0.25, 0.3) is 5.91 Å². The lowest BCUT2D eigenvalue weighted by atomic mass is 10.3. The quantitative estimate of drug-likeness (QED) is 0.679. The summed E-state index contributed by atoms with van der Waals surface area (Å²) in [6.45, 7) is -0.317. The van der Waals surface area contributed by atoms with Crippen molar-refractivity contribution in [3.63, 3.8) is 0 Å². The largest absolute Gasteiger partial charge is 0.329 e. The second-order valence-electron chi connectivity index (χ2n) is 4.11. The molecule has 2 aromatic heterocycles. The molecule has 0 aromatic carbocycles. The van der Waals surface area contributed by atoms with E-state index in [-0.39, 0.29) is 6.54 Å². The zero-order valence-corrected chi connectivity index (χ0v) is 12.3. The maximum Gasteiger partial charge on any atom is 0.329 e. The summed E-state index contributed by atoms with van der Waals surface area (Å²) in [5.74, 6) is -0.591. The fourth-order valence-electron chi connectivity index (χ4n) is 1.59. The van der Waals surface area contributed by atoms with Crippen molar-refractivity contribution >= 4 is 40.6 Å². The van der Waals surface area contributed by atoms with E-state index in [1.807, 2.05) is 0 Å². The van der Waals surface area contributed by atoms with Crippen LogP contribution in [0.2, 0.25) is 0 Å². The van der Waals surface area contributed by atoms with E-state index in [4.69, 9.17) is 0 Å². The Morgan fingerprint density at radius 1 is 1.27 bits per heavy atom. The van der Waals surface area contributed by atoms with Gasteiger partial charge in [0.05, 0.1) is 17.2 Å². The second-order valence-corrected chi connectivity index (χ2v) is 5.06. The standard InChI is InChI=1S/C15H13N3O3S/c19-10-9-18(15(21)17-13-5-3-11-22-13)14(20)7-6-12-4-1-2-8-16-12/h1-8,10-11H,9H2,(H,17,21). The molecule has 0 fully saturated rings. The zero-order chi connectivity index (χ0) is 15.8. The summed E-state index contributed by atoms with van der Waals surface area (Å²) in [4.78, 5) is 39.7. The number of anilines is 1. The Bertz CT molecular complexity index is 669. The van der Waals surface area contributed by atoms with Crippen molar-refractivity contribution in [2.24, 2.45) is 0 Å². The Hall–Kier alpha value is -2.80. The van der Waals surface area contributed by atoms with Crippen LogP contribution in [0, 0.1) is 0 Å². The first kappa shape index (κ1) is 15.6. The second kappa shape index (κ2) is 7.84. The number of pyridine rings is 1. The number of rotatable bonds is 5. The molecule has 0 atom stereocenters. The van der Waals surface area contributed by atoms with Gasteiger partial charge in [0.2, 0.25) is 0 Å². The number of aldehydes is 1. The van der Waals surface area contributed by atoms with Crippen LogP contribution in [0.3, 0.4) is 0 Å². The number of urea groups is 1. The summed E-state index contributed by atoms with van der Waals surface area (Å²) in [5, 5.41) is 4.96. The Morgan fingerprint density at radius 2 is 2.14 bits per heavy atom. The van der Waals surface area contributed by atoms with E-state index in [1.54, 1.807) is 41.9 Å². The van der Waals surface area contributed by atoms with Crippen LogP contribution in [0.5, 0.6) is 0 Å². The Labute approximate surface area is 131 Å². The molecule has 0 aliphatic carbocycles. The lowest BCUT2D eigenvalue weighted by Crippen LogP contribution is -2.40. The maximum absolute atomic E-state index is 12.1. The number of carbonyl (C=O) groups is 3. The number of hydrogen-bond donors (Lipinski definition) is 1. The van der Waals surface area contributed by atoms with Crippen molar-refractivity contribution in [1.29, 1.82) is 0 Å². The van der Waals surface area contributed by atoms with E-state index in [2.05, 4.69) is 10.3 Å². The smallest absolute Gasteiger partial charge is 0.301 e. The average molecular weight is 315 g/mol. The molecule has 0 saturated heterocycles. The van der Waals surface area contributed by atoms with Gasteiger partial charge in [-0.2, -0.15) is 0 Å². The number of nitrogens with one attached hydrogen (secondary N) is 1. The summed E-state index contributed by atoms with van der Waals surface area (Å²) in [7, 11) is 0. The lowest BCUT2D eigenvalue weighted by Gasteiger charge is -2.16. The highest BCUT2D eigenvalue weighted by atomic mass is 32.1. The molecular formula is C15H13N3O3S. The molecule has 0 spiro atoms. The molecule has 0 aliphatic heterocycles. The van der Waals surface area contributed by atoms with Crippen LogP contribution in [0.25, 0.3) is 6.08 Å². The van der Waals surface area contributed by atoms with Crippen LogP contribution in [-0.4, -0.2) is 34.7 Å². The van der Waals surface area contributed by atoms with Crippen LogP contribution < -0.4 is 5.32 Å². The minimum Gasteiger partial charge on any atom is -0.301 e. The Kier molecular flexibility index (Phi) is 5.56. The van der Waals surface area contributed by atoms with Crippen molar-refractivity contribution in [1.82, 2.24) is 9.88 Å². The van der Waals surface area contributed by atoms with Crippen molar-refractivity contribution in [3.8, 4) is 0 Å². The summed E-state index contributed by atoms with van der Waals surface area (Å²) in [6.07, 6.45) is 4.79. The van der Waals surface area contributed by atoms with Gasteiger partial charge in [-0.3, -0.25) is 20.0 Å². The zero-order valence-electron chi connectivity index (χ0n) is 11.5. The average Bonchev–Trinajstić information content (AvgIpc) is 3.04. The highest BCUT2D eigenvalue weighted by molar-refractivity contribution is 7.14. The van der Waals surface area contributed by atoms with E-state index in [9.17, 15) is 14.4 Å². The molecular weight excluding hydrogens is 302 g/mol. The molecule has 0 unspecified atom stereocenters. The van der Waals surface area contributed by atoms with Gasteiger partial charge >= 0.3 is 6.03 Å². The van der Waals surface area contributed by atoms with Gasteiger partial charge in [-0.1, -0.05) is 6.07 Å². The minimum atomic E-state index is -0.648. The van der Waals surface area contributed by atoms with Crippen molar-refractivity contribution in [2.45, 2.75) is 0 Å². The van der Waals surface area contributed by atoms with Gasteiger partial charge in [-0.15, -0.1) is 11.3 Å². The van der Waals surface area contributed by atoms with Crippen molar-refractivity contribution < 1.29 is 14.4 Å². The van der Waals surface area contributed by atoms with Gasteiger partial charge in [0.15, 0.2) is 0 Å². The fourth-order valence-corrected chi connectivity index (χ4v) is 2.20. The van der Waals surface area contributed by atoms with Gasteiger partial charge in [-0.25, -0.2) is 4.79 Å². The highest BCUT2D eigenvalue weighted by Crippen LogP contribution is 2.15. The number of aromatic nitrogens is 1. The molecule has 3 amide bonds. The molecule has 6 nitrogen and oxygen atoms in total. The normalized spacial score (nSPS) is 10.4. The number of amides is 3. The molecule has 2 rings (SSSR count). The summed E-state index contributed by atoms with van der Waals surface area (Å²) < 4.78 is 0. The van der Waals surface area contributed by atoms with Crippen LogP contribution in [0.4, 0.5) is 9.80 Å². The molecule has 112 valence electrons. The van der Waals surface area contributed by atoms with Gasteiger partial charge in [0, 0.05) is 12.3 Å². The number of nitrogens with zero attached hydrogens (tertiary/aromatic N) is 2. The van der Waals surface area contributed by atoms with Crippen LogP contribution in [0.15, 0.2) is 48.0 Å². The predicted molar refractivity (Wildman–Crippen MR) is 84.4 cm³/mol. The number of thiophene rings is 1. The van der Waals surface area contributed by atoms with E-state index in [0.29, 0.717) is 17.0 Å². The van der Waals surface area contributed by atoms with Crippen LogP contribution in [0.1, 0.15) is 5.69 Å². The number of hydrogen-bond acceptors (Lipinski definition) is 5. The molecule has 1 N–H and O–H groups in total. The highest BCUT2D eigenvalue weighted by Gasteiger charge is 2.19. The van der Waals surface area contributed by atoms with Gasteiger partial charge < -0.3 is 4.79 Å². The molecule has 0 saturated carbocycles. The monoisotopic (exact) mass is 315 g/mol. The Balaban J connectivity index is 2.06. The summed E-state index contributed by atoms with van der Waals surface area (Å²) in [6, 6.07) is 8.09. The molecule has 0 aliphatic rings. The van der Waals surface area contributed by atoms with Crippen LogP contribution in [-0.2, 0) is 9.59 Å². The molecule has 2 aromatic rings. The van der Waals surface area contributed by atoms with E-state index >= 15 is 0 Å². The third-order valence-corrected chi connectivity index (χ3v) is 3.39. The molecule has 0 radical (unpaired) electrons. The van der Waals surface area contributed by atoms with Crippen LogP contribution >= 0.6 is 11.3 Å². The van der Waals surface area contributed by atoms with E-state index < -0.39 is 11.9 Å². The van der Waals surface area contributed by atoms with Crippen molar-refractivity contribution in [3.05, 3.63) is 53.7 Å². The van der Waals surface area contributed by atoms with E-state index in [1.165, 1.54) is 23.5 Å². The Morgan fingerprint density at radius 3 is 2.77 bits per heavy atom. The van der Waals surface area contributed by atoms with Gasteiger partial charge in [0.1, 0.15) is 6.29 Å². The molecule has 22 heavy (non-hydrogen) atoms. The lowest BCUT2D eigenvalue weighted by molar-refractivity contribution is -0.125. The summed E-state index contributed by atoms with van der Waals surface area (Å²) in [5.41, 5.74) is 0.584. The third kappa shape index (κ3) is 4.35. The third-order valence-electron chi connectivity index (χ3n) is 2.60. The number of carbonyl (C=O) groups excluding carboxylic acids is 3. The first-order valence-electron chi connectivity index (χ1n) is 6.39. The van der Waals surface area contributed by atoms with E-state index in [0.717, 1.165) is 4.90 Å². The minimum absolute atomic E-state index is 0.317. The molecule has 0 bridgehead atoms. The first-order valence-corrected chi connectivity index (χ1v) is 7.27. The number of imide groups is 1. The van der Waals surface area contributed by atoms with Crippen molar-refractivity contribution in [2.75, 3.05) is 11.9 Å². The molecule has 7 heteroatoms. The first-order chi connectivity index (χ1) is 10.7. The predicted octanol–water partition coefficient (Wildman–Crippen LogP) is 2.42. The maximum atomic E-state index is 12.1. The summed E-state index contributed by atoms with van der Waals surface area (Å²) >= 11 is 1.32. The van der Waals surface area contributed by atoms with Gasteiger partial charge in [-0.05, 0) is 35.7 Å². The molecule has 2 heterocycles. The SMILES string of the molecule is O=CCN(C(=O)C=Cc1ccccn1)C(=O)Nc1cccs1. The topological polar surface area (TPSA) is 79.4 Å². The fraction of sp³-hybridized carbons (Fsp3) is 0.0667.